The van der Waals surface area contributed by atoms with Crippen molar-refractivity contribution in [3.8, 4) is 5.69 Å². The van der Waals surface area contributed by atoms with E-state index in [2.05, 4.69) is 78.9 Å². The van der Waals surface area contributed by atoms with Crippen molar-refractivity contribution in [2.75, 3.05) is 0 Å². The normalized spacial score (nSPS) is 11.6. The van der Waals surface area contributed by atoms with E-state index < -0.39 is 0 Å². The Hall–Kier alpha value is -3.52. The van der Waals surface area contributed by atoms with E-state index in [0.717, 1.165) is 39.5 Å². The van der Waals surface area contributed by atoms with Crippen molar-refractivity contribution >= 4 is 47.4 Å². The first-order valence-electron chi connectivity index (χ1n) is 9.74. The molecule has 0 radical (unpaired) electrons. The summed E-state index contributed by atoms with van der Waals surface area (Å²) in [6.45, 7) is 20.2. The molecular formula is C27H28N2. The predicted octanol–water partition coefficient (Wildman–Crippen LogP) is 7.61. The second kappa shape index (κ2) is 8.24. The number of hydrogen-bond donors (Lipinski definition) is 0. The van der Waals surface area contributed by atoms with Gasteiger partial charge in [0.2, 0.25) is 0 Å². The van der Waals surface area contributed by atoms with Crippen LogP contribution in [0.15, 0.2) is 56.7 Å². The Morgan fingerprint density at radius 3 is 1.86 bits per heavy atom. The Morgan fingerprint density at radius 1 is 0.724 bits per heavy atom. The number of aryl methyl sites for hydroxylation is 1. The summed E-state index contributed by atoms with van der Waals surface area (Å²) in [6, 6.07) is 6.53. The van der Waals surface area contributed by atoms with Gasteiger partial charge in [0.25, 0.3) is 0 Å². The topological polar surface area (TPSA) is 9.86 Å². The Balaban J connectivity index is 2.44. The lowest BCUT2D eigenvalue weighted by molar-refractivity contribution is 0.952. The molecule has 0 atom stereocenters. The largest absolute Gasteiger partial charge is 0.344 e. The highest BCUT2D eigenvalue weighted by molar-refractivity contribution is 5.95. The first-order valence-corrected chi connectivity index (χ1v) is 9.74. The van der Waals surface area contributed by atoms with Gasteiger partial charge in [-0.1, -0.05) is 56.7 Å². The van der Waals surface area contributed by atoms with E-state index in [1.807, 2.05) is 44.2 Å². The molecule has 0 fully saturated rings. The number of nitrogens with zero attached hydrogens (tertiary/aromatic N) is 2. The molecule has 0 N–H and O–H groups in total. The minimum absolute atomic E-state index is 1.01. The molecule has 2 nitrogen and oxygen atoms in total. The van der Waals surface area contributed by atoms with Gasteiger partial charge in [0.05, 0.1) is 11.4 Å². The van der Waals surface area contributed by atoms with E-state index in [-0.39, 0.29) is 0 Å². The summed E-state index contributed by atoms with van der Waals surface area (Å²) in [7, 11) is 2.09. The summed E-state index contributed by atoms with van der Waals surface area (Å²) in [4.78, 5) is 0. The molecule has 0 saturated heterocycles. The van der Waals surface area contributed by atoms with Gasteiger partial charge in [0.1, 0.15) is 0 Å². The second-order valence-corrected chi connectivity index (χ2v) is 6.81. The molecule has 0 saturated carbocycles. The van der Waals surface area contributed by atoms with Gasteiger partial charge in [-0.25, -0.2) is 0 Å². The molecule has 1 aromatic carbocycles. The molecule has 0 spiro atoms. The van der Waals surface area contributed by atoms with Gasteiger partial charge in [-0.2, -0.15) is 0 Å². The van der Waals surface area contributed by atoms with Crippen LogP contribution in [-0.2, 0) is 7.05 Å². The van der Waals surface area contributed by atoms with Crippen molar-refractivity contribution in [2.45, 2.75) is 13.8 Å². The summed E-state index contributed by atoms with van der Waals surface area (Å²) in [6.07, 6.45) is 15.9. The standard InChI is InChI=1S/C27H28N2/c1-8-14-25-22(12-5)23-18-19(16-17-26(23)28(25)7)29-24(13-6)20(10-3)21(11-4)27(29)15-9-2/h8-18H,3-6H2,1-2,7H3/b14-8-,15-9-. The lowest BCUT2D eigenvalue weighted by atomic mass is 10.1. The zero-order chi connectivity index (χ0) is 21.1. The first-order chi connectivity index (χ1) is 14.1. The zero-order valence-corrected chi connectivity index (χ0v) is 17.6. The van der Waals surface area contributed by atoms with Gasteiger partial charge in [-0.15, -0.1) is 0 Å². The SMILES string of the molecule is C=Cc1c(C=C)c(/C=C\C)n(-c2ccc3c(c2)c(C=C)c(/C=C\C)n3C)c1C=C. The van der Waals surface area contributed by atoms with Gasteiger partial charge < -0.3 is 9.13 Å². The number of benzene rings is 1. The lowest BCUT2D eigenvalue weighted by Crippen LogP contribution is -2.00. The van der Waals surface area contributed by atoms with Crippen molar-refractivity contribution in [2.24, 2.45) is 7.05 Å². The van der Waals surface area contributed by atoms with Crippen molar-refractivity contribution in [1.29, 1.82) is 0 Å². The first kappa shape index (κ1) is 20.2. The lowest BCUT2D eigenvalue weighted by Gasteiger charge is -2.11. The number of allylic oxidation sites excluding steroid dienone is 2. The Kier molecular flexibility index (Phi) is 5.74. The fourth-order valence-electron chi connectivity index (χ4n) is 4.07. The monoisotopic (exact) mass is 380 g/mol. The molecule has 3 aromatic rings. The van der Waals surface area contributed by atoms with E-state index in [1.165, 1.54) is 10.9 Å². The maximum Gasteiger partial charge on any atom is 0.0537 e. The fourth-order valence-corrected chi connectivity index (χ4v) is 4.07. The van der Waals surface area contributed by atoms with Crippen LogP contribution in [0, 0.1) is 0 Å². The van der Waals surface area contributed by atoms with Crippen LogP contribution in [-0.4, -0.2) is 9.13 Å². The maximum atomic E-state index is 4.06. The summed E-state index contributed by atoms with van der Waals surface area (Å²) in [5.41, 5.74) is 8.69. The molecule has 2 heterocycles. The number of aromatic nitrogens is 2. The fraction of sp³-hybridized carbons (Fsp3) is 0.111. The molecule has 0 bridgehead atoms. The van der Waals surface area contributed by atoms with Crippen molar-refractivity contribution < 1.29 is 0 Å². The maximum absolute atomic E-state index is 4.06. The average molecular weight is 381 g/mol. The Labute approximate surface area is 173 Å². The van der Waals surface area contributed by atoms with Crippen LogP contribution in [0.3, 0.4) is 0 Å². The highest BCUT2D eigenvalue weighted by atomic mass is 15.0. The molecule has 146 valence electrons. The minimum atomic E-state index is 1.01. The highest BCUT2D eigenvalue weighted by Crippen LogP contribution is 2.34. The minimum Gasteiger partial charge on any atom is -0.344 e. The number of fused-ring (bicyclic) bond motifs is 1. The van der Waals surface area contributed by atoms with Crippen molar-refractivity contribution in [1.82, 2.24) is 9.13 Å². The number of rotatable bonds is 7. The van der Waals surface area contributed by atoms with Crippen LogP contribution >= 0.6 is 0 Å². The number of hydrogen-bond acceptors (Lipinski definition) is 0. The summed E-state index contributed by atoms with van der Waals surface area (Å²) < 4.78 is 4.42. The smallest absolute Gasteiger partial charge is 0.0537 e. The van der Waals surface area contributed by atoms with Gasteiger partial charge in [-0.3, -0.25) is 0 Å². The molecule has 0 aliphatic rings. The quantitative estimate of drug-likeness (QED) is 0.399. The molecule has 0 amide bonds. The third kappa shape index (κ3) is 3.07. The van der Waals surface area contributed by atoms with Crippen LogP contribution in [0.4, 0.5) is 0 Å². The highest BCUT2D eigenvalue weighted by Gasteiger charge is 2.19. The summed E-state index contributed by atoms with van der Waals surface area (Å²) in [5.74, 6) is 0. The van der Waals surface area contributed by atoms with Crippen LogP contribution < -0.4 is 0 Å². The molecule has 0 aliphatic heterocycles. The average Bonchev–Trinajstić information content (AvgIpc) is 3.19. The van der Waals surface area contributed by atoms with E-state index in [9.17, 15) is 0 Å². The second-order valence-electron chi connectivity index (χ2n) is 6.81. The van der Waals surface area contributed by atoms with Crippen LogP contribution in [0.5, 0.6) is 0 Å². The van der Waals surface area contributed by atoms with Gasteiger partial charge in [0, 0.05) is 46.0 Å². The molecule has 3 rings (SSSR count). The van der Waals surface area contributed by atoms with E-state index in [0.29, 0.717) is 0 Å². The van der Waals surface area contributed by atoms with Crippen LogP contribution in [0.1, 0.15) is 47.6 Å². The van der Waals surface area contributed by atoms with Crippen LogP contribution in [0.2, 0.25) is 0 Å². The van der Waals surface area contributed by atoms with Crippen molar-refractivity contribution in [3.63, 3.8) is 0 Å². The molecule has 0 aliphatic carbocycles. The third-order valence-electron chi connectivity index (χ3n) is 5.31. The van der Waals surface area contributed by atoms with E-state index >= 15 is 0 Å². The van der Waals surface area contributed by atoms with Crippen molar-refractivity contribution in [3.05, 3.63) is 90.4 Å². The molecule has 2 heteroatoms. The van der Waals surface area contributed by atoms with Gasteiger partial charge >= 0.3 is 0 Å². The third-order valence-corrected chi connectivity index (χ3v) is 5.31. The Bertz CT molecular complexity index is 1190. The predicted molar refractivity (Wildman–Crippen MR) is 132 cm³/mol. The van der Waals surface area contributed by atoms with Gasteiger partial charge in [0.15, 0.2) is 0 Å². The molecular weight excluding hydrogens is 352 g/mol. The molecule has 0 unspecified atom stereocenters. The summed E-state index contributed by atoms with van der Waals surface area (Å²) in [5, 5.41) is 1.17. The zero-order valence-electron chi connectivity index (χ0n) is 17.6. The van der Waals surface area contributed by atoms with E-state index in [1.54, 1.807) is 0 Å². The molecule has 29 heavy (non-hydrogen) atoms. The summed E-state index contributed by atoms with van der Waals surface area (Å²) >= 11 is 0. The van der Waals surface area contributed by atoms with E-state index in [4.69, 9.17) is 0 Å². The van der Waals surface area contributed by atoms with Crippen LogP contribution in [0.25, 0.3) is 53.0 Å². The van der Waals surface area contributed by atoms with Gasteiger partial charge in [-0.05, 0) is 50.3 Å². The molecule has 2 aromatic heterocycles. The Morgan fingerprint density at radius 2 is 1.31 bits per heavy atom.